The molecule has 2 atom stereocenters. The van der Waals surface area contributed by atoms with Crippen LogP contribution >= 0.6 is 11.3 Å². The van der Waals surface area contributed by atoms with Gasteiger partial charge in [-0.15, -0.1) is 11.3 Å². The Morgan fingerprint density at radius 1 is 1.05 bits per heavy atom. The van der Waals surface area contributed by atoms with E-state index >= 15 is 0 Å². The fraction of sp³-hybridized carbons (Fsp3) is 0.290. The monoisotopic (exact) mass is 574 g/mol. The van der Waals surface area contributed by atoms with Gasteiger partial charge in [0.05, 0.1) is 36.6 Å². The number of carbonyl (C=O) groups excluding carboxylic acids is 1. The van der Waals surface area contributed by atoms with Gasteiger partial charge in [-0.2, -0.15) is 0 Å². The molecule has 0 radical (unpaired) electrons. The van der Waals surface area contributed by atoms with Crippen LogP contribution in [0.25, 0.3) is 20.8 Å². The molecular weight excluding hydrogens is 544 g/mol. The lowest BCUT2D eigenvalue weighted by Crippen LogP contribution is -2.30. The number of benzene rings is 3. The molecule has 0 spiro atoms. The van der Waals surface area contributed by atoms with Crippen LogP contribution in [0.3, 0.4) is 0 Å². The minimum absolute atomic E-state index is 0.0551. The molecule has 0 saturated heterocycles. The van der Waals surface area contributed by atoms with Gasteiger partial charge in [-0.25, -0.2) is 4.98 Å². The Balaban J connectivity index is 1.17. The van der Waals surface area contributed by atoms with Crippen LogP contribution in [0.4, 0.5) is 5.69 Å². The molecule has 3 aromatic carbocycles. The molecular formula is C31H30N2O7S. The van der Waals surface area contributed by atoms with Crippen molar-refractivity contribution in [3.8, 4) is 22.1 Å². The SMILES string of the molecule is Cc1ccc2nc(-c3ccc(NC(=O)C4=C[C@H](c5ccc6c(c5)OCO6)C[C@H](OCCOCCO)O4)cc3)sc2c1. The lowest BCUT2D eigenvalue weighted by molar-refractivity contribution is -0.148. The third-order valence-electron chi connectivity index (χ3n) is 6.81. The van der Waals surface area contributed by atoms with Gasteiger partial charge in [-0.3, -0.25) is 4.79 Å². The van der Waals surface area contributed by atoms with E-state index in [1.54, 1.807) is 11.3 Å². The number of fused-ring (bicyclic) bond motifs is 2. The Morgan fingerprint density at radius 3 is 2.76 bits per heavy atom. The van der Waals surface area contributed by atoms with Crippen LogP contribution < -0.4 is 14.8 Å². The summed E-state index contributed by atoms with van der Waals surface area (Å²) in [5, 5.41) is 12.8. The van der Waals surface area contributed by atoms with Crippen molar-refractivity contribution >= 4 is 33.1 Å². The molecule has 0 fully saturated rings. The first kappa shape index (κ1) is 27.2. The van der Waals surface area contributed by atoms with Crippen LogP contribution in [-0.4, -0.2) is 55.5 Å². The standard InChI is InChI=1S/C31H30N2O7S/c1-19-2-8-24-28(14-19)41-31(33-24)20-3-6-23(7-4-20)32-30(35)27-16-22(17-29(40-27)37-13-12-36-11-10-34)21-5-9-25-26(15-21)39-18-38-25/h2-9,14-16,22,29,34H,10-13,17-18H2,1H3,(H,32,35)/t22-,29+/m0/s1. The summed E-state index contributed by atoms with van der Waals surface area (Å²) in [6, 6.07) is 19.6. The van der Waals surface area contributed by atoms with Crippen molar-refractivity contribution < 1.29 is 33.6 Å². The number of aryl methyl sites for hydroxylation is 1. The summed E-state index contributed by atoms with van der Waals surface area (Å²) in [7, 11) is 0. The predicted molar refractivity (Wildman–Crippen MR) is 155 cm³/mol. The minimum Gasteiger partial charge on any atom is -0.459 e. The molecule has 1 amide bonds. The zero-order chi connectivity index (χ0) is 28.2. The van der Waals surface area contributed by atoms with Gasteiger partial charge in [0.2, 0.25) is 13.1 Å². The second kappa shape index (κ2) is 12.3. The van der Waals surface area contributed by atoms with Crippen LogP contribution in [0.5, 0.6) is 11.5 Å². The summed E-state index contributed by atoms with van der Waals surface area (Å²) in [6.07, 6.45) is 1.66. The molecule has 1 aromatic heterocycles. The molecule has 0 aliphatic carbocycles. The van der Waals surface area contributed by atoms with Crippen molar-refractivity contribution in [3.63, 3.8) is 0 Å². The maximum Gasteiger partial charge on any atom is 0.290 e. The van der Waals surface area contributed by atoms with E-state index in [2.05, 4.69) is 24.4 Å². The molecule has 41 heavy (non-hydrogen) atoms. The highest BCUT2D eigenvalue weighted by Gasteiger charge is 2.30. The third kappa shape index (κ3) is 6.36. The van der Waals surface area contributed by atoms with Gasteiger partial charge in [-0.05, 0) is 72.7 Å². The second-order valence-corrected chi connectivity index (χ2v) is 10.8. The zero-order valence-corrected chi connectivity index (χ0v) is 23.3. The number of rotatable bonds is 10. The Morgan fingerprint density at radius 2 is 1.90 bits per heavy atom. The van der Waals surface area contributed by atoms with Gasteiger partial charge >= 0.3 is 0 Å². The summed E-state index contributed by atoms with van der Waals surface area (Å²) < 4.78 is 29.3. The maximum atomic E-state index is 13.3. The first-order valence-corrected chi connectivity index (χ1v) is 14.2. The molecule has 0 bridgehead atoms. The van der Waals surface area contributed by atoms with Crippen LogP contribution in [0.15, 0.2) is 72.5 Å². The van der Waals surface area contributed by atoms with E-state index in [-0.39, 0.29) is 44.2 Å². The molecule has 2 N–H and O–H groups in total. The largest absolute Gasteiger partial charge is 0.459 e. The van der Waals surface area contributed by atoms with E-state index in [9.17, 15) is 4.79 Å². The number of thiazole rings is 1. The van der Waals surface area contributed by atoms with Gasteiger partial charge in [0, 0.05) is 23.6 Å². The predicted octanol–water partition coefficient (Wildman–Crippen LogP) is 5.38. The number of ether oxygens (including phenoxy) is 5. The van der Waals surface area contributed by atoms with E-state index in [0.717, 1.165) is 26.4 Å². The number of nitrogens with zero attached hydrogens (tertiary/aromatic N) is 1. The number of hydrogen-bond acceptors (Lipinski definition) is 9. The topological polar surface area (TPSA) is 108 Å². The number of carbonyl (C=O) groups is 1. The fourth-order valence-corrected chi connectivity index (χ4v) is 5.81. The highest BCUT2D eigenvalue weighted by molar-refractivity contribution is 7.21. The number of allylic oxidation sites excluding steroid dienone is 1. The highest BCUT2D eigenvalue weighted by Crippen LogP contribution is 2.39. The first-order chi connectivity index (χ1) is 20.1. The first-order valence-electron chi connectivity index (χ1n) is 13.4. The highest BCUT2D eigenvalue weighted by atomic mass is 32.1. The lowest BCUT2D eigenvalue weighted by atomic mass is 9.92. The van der Waals surface area contributed by atoms with Crippen molar-refractivity contribution in [2.75, 3.05) is 38.5 Å². The number of hydrogen-bond donors (Lipinski definition) is 2. The van der Waals surface area contributed by atoms with Crippen molar-refractivity contribution in [2.24, 2.45) is 0 Å². The van der Waals surface area contributed by atoms with Crippen LogP contribution in [0, 0.1) is 6.92 Å². The van der Waals surface area contributed by atoms with Crippen molar-refractivity contribution in [1.29, 1.82) is 0 Å². The lowest BCUT2D eigenvalue weighted by Gasteiger charge is -2.29. The average Bonchev–Trinajstić information content (AvgIpc) is 3.64. The van der Waals surface area contributed by atoms with E-state index in [1.807, 2.05) is 54.6 Å². The van der Waals surface area contributed by atoms with Gasteiger partial charge in [-0.1, -0.05) is 12.1 Å². The quantitative estimate of drug-likeness (QED) is 0.243. The Bertz CT molecular complexity index is 1570. The normalized spacial score (nSPS) is 17.8. The molecule has 2 aliphatic heterocycles. The Hall–Kier alpha value is -3.96. The summed E-state index contributed by atoms with van der Waals surface area (Å²) in [5.74, 6) is 1.02. The molecule has 2 aliphatic rings. The Kier molecular flexibility index (Phi) is 8.15. The van der Waals surface area contributed by atoms with Crippen molar-refractivity contribution in [3.05, 3.63) is 83.6 Å². The zero-order valence-electron chi connectivity index (χ0n) is 22.5. The molecule has 212 valence electrons. The number of anilines is 1. The van der Waals surface area contributed by atoms with Gasteiger partial charge in [0.15, 0.2) is 17.3 Å². The van der Waals surface area contributed by atoms with Crippen molar-refractivity contribution in [1.82, 2.24) is 4.98 Å². The van der Waals surface area contributed by atoms with E-state index < -0.39 is 6.29 Å². The second-order valence-electron chi connectivity index (χ2n) is 9.76. The molecule has 4 aromatic rings. The average molecular weight is 575 g/mol. The van der Waals surface area contributed by atoms with Crippen LogP contribution in [0.1, 0.15) is 23.5 Å². The van der Waals surface area contributed by atoms with E-state index in [4.69, 9.17) is 33.8 Å². The molecule has 0 unspecified atom stereocenters. The molecule has 6 rings (SSSR count). The number of aromatic nitrogens is 1. The third-order valence-corrected chi connectivity index (χ3v) is 7.87. The van der Waals surface area contributed by atoms with Gasteiger partial charge in [0.25, 0.3) is 5.91 Å². The van der Waals surface area contributed by atoms with Gasteiger partial charge in [0.1, 0.15) is 5.01 Å². The Labute approximate surface area is 241 Å². The minimum atomic E-state index is -0.654. The van der Waals surface area contributed by atoms with Crippen LogP contribution in [0.2, 0.25) is 0 Å². The summed E-state index contributed by atoms with van der Waals surface area (Å²) in [6.45, 7) is 3.01. The van der Waals surface area contributed by atoms with E-state index in [0.29, 0.717) is 30.2 Å². The molecule has 10 heteroatoms. The number of amides is 1. The molecule has 0 saturated carbocycles. The molecule has 3 heterocycles. The number of aliphatic hydroxyl groups is 1. The van der Waals surface area contributed by atoms with Crippen LogP contribution in [-0.2, 0) is 19.0 Å². The maximum absolute atomic E-state index is 13.3. The van der Waals surface area contributed by atoms with E-state index in [1.165, 1.54) is 5.56 Å². The number of nitrogens with one attached hydrogen (secondary N) is 1. The fourth-order valence-electron chi connectivity index (χ4n) is 4.74. The summed E-state index contributed by atoms with van der Waals surface area (Å²) in [5.41, 5.74) is 4.76. The van der Waals surface area contributed by atoms with Crippen molar-refractivity contribution in [2.45, 2.75) is 25.6 Å². The molecule has 9 nitrogen and oxygen atoms in total. The summed E-state index contributed by atoms with van der Waals surface area (Å²) in [4.78, 5) is 18.1. The number of aliphatic hydroxyl groups excluding tert-OH is 1. The van der Waals surface area contributed by atoms with Gasteiger partial charge < -0.3 is 34.1 Å². The smallest absolute Gasteiger partial charge is 0.290 e. The summed E-state index contributed by atoms with van der Waals surface area (Å²) >= 11 is 1.64.